The number of anilines is 3. The number of hydrogen-bond donors (Lipinski definition) is 2. The number of nitrogen functional groups attached to an aromatic ring is 1. The monoisotopic (exact) mass is 364 g/mol. The Labute approximate surface area is 158 Å². The van der Waals surface area contributed by atoms with Gasteiger partial charge in [-0.1, -0.05) is 26.0 Å². The number of aliphatic hydroxyl groups is 1. The van der Waals surface area contributed by atoms with Crippen LogP contribution in [0.3, 0.4) is 0 Å². The van der Waals surface area contributed by atoms with Gasteiger partial charge in [-0.05, 0) is 24.1 Å². The SMILES string of the molecule is Cc1cnc(N)nc1N1CC(C)(C)c2ccc(C(O)c3cn(C)cn3)cc21. The van der Waals surface area contributed by atoms with Crippen molar-refractivity contribution in [2.24, 2.45) is 7.05 Å². The molecule has 0 fully saturated rings. The molecule has 0 bridgehead atoms. The van der Waals surface area contributed by atoms with Crippen LogP contribution in [-0.2, 0) is 12.5 Å². The predicted octanol–water partition coefficient (Wildman–Crippen LogP) is 2.61. The molecule has 1 aliphatic rings. The minimum atomic E-state index is -0.779. The molecule has 2 aromatic heterocycles. The molecule has 140 valence electrons. The van der Waals surface area contributed by atoms with Gasteiger partial charge in [-0.3, -0.25) is 0 Å². The number of aromatic nitrogens is 4. The molecule has 1 atom stereocenters. The van der Waals surface area contributed by atoms with Gasteiger partial charge in [0.05, 0.1) is 12.0 Å². The first-order valence-corrected chi connectivity index (χ1v) is 8.93. The van der Waals surface area contributed by atoms with E-state index in [9.17, 15) is 5.11 Å². The third-order valence-electron chi connectivity index (χ3n) is 5.14. The standard InChI is InChI=1S/C20H24N6O/c1-12-8-22-19(21)24-18(12)26-10-20(2,3)14-6-5-13(7-16(14)26)17(27)15-9-25(4)11-23-15/h5-9,11,17,27H,10H2,1-4H3,(H2,21,22,24). The van der Waals surface area contributed by atoms with Gasteiger partial charge in [0.1, 0.15) is 11.9 Å². The summed E-state index contributed by atoms with van der Waals surface area (Å²) in [5.41, 5.74) is 10.4. The first kappa shape index (κ1) is 17.5. The Morgan fingerprint density at radius 2 is 2.04 bits per heavy atom. The van der Waals surface area contributed by atoms with Crippen LogP contribution in [0.2, 0.25) is 0 Å². The van der Waals surface area contributed by atoms with E-state index in [1.165, 1.54) is 5.56 Å². The van der Waals surface area contributed by atoms with Gasteiger partial charge in [0.15, 0.2) is 0 Å². The van der Waals surface area contributed by atoms with Crippen molar-refractivity contribution in [1.29, 1.82) is 0 Å². The normalized spacial score (nSPS) is 16.4. The number of rotatable bonds is 3. The van der Waals surface area contributed by atoms with Gasteiger partial charge in [0, 0.05) is 42.7 Å². The zero-order valence-electron chi connectivity index (χ0n) is 16.0. The average molecular weight is 364 g/mol. The molecule has 1 aromatic carbocycles. The molecule has 0 radical (unpaired) electrons. The second-order valence-corrected chi connectivity index (χ2v) is 7.85. The van der Waals surface area contributed by atoms with E-state index < -0.39 is 6.10 Å². The van der Waals surface area contributed by atoms with Crippen molar-refractivity contribution < 1.29 is 5.11 Å². The van der Waals surface area contributed by atoms with E-state index in [1.54, 1.807) is 12.5 Å². The largest absolute Gasteiger partial charge is 0.382 e. The lowest BCUT2D eigenvalue weighted by atomic mass is 9.86. The number of fused-ring (bicyclic) bond motifs is 1. The van der Waals surface area contributed by atoms with Gasteiger partial charge >= 0.3 is 0 Å². The van der Waals surface area contributed by atoms with Gasteiger partial charge < -0.3 is 20.3 Å². The number of hydrogen-bond acceptors (Lipinski definition) is 6. The second kappa shape index (κ2) is 6.06. The summed E-state index contributed by atoms with van der Waals surface area (Å²) in [6, 6.07) is 6.10. The molecule has 0 amide bonds. The third-order valence-corrected chi connectivity index (χ3v) is 5.14. The molecule has 3 N–H and O–H groups in total. The lowest BCUT2D eigenvalue weighted by molar-refractivity contribution is 0.216. The number of nitrogens with two attached hydrogens (primary N) is 1. The summed E-state index contributed by atoms with van der Waals surface area (Å²) in [5, 5.41) is 10.8. The quantitative estimate of drug-likeness (QED) is 0.742. The molecule has 0 saturated carbocycles. The molecule has 27 heavy (non-hydrogen) atoms. The van der Waals surface area contributed by atoms with Gasteiger partial charge in [-0.25, -0.2) is 9.97 Å². The highest BCUT2D eigenvalue weighted by Crippen LogP contribution is 2.45. The Morgan fingerprint density at radius 1 is 1.26 bits per heavy atom. The summed E-state index contributed by atoms with van der Waals surface area (Å²) in [6.45, 7) is 7.18. The molecular weight excluding hydrogens is 340 g/mol. The molecule has 1 unspecified atom stereocenters. The highest BCUT2D eigenvalue weighted by atomic mass is 16.3. The fourth-order valence-electron chi connectivity index (χ4n) is 3.73. The van der Waals surface area contributed by atoms with E-state index in [0.29, 0.717) is 5.69 Å². The summed E-state index contributed by atoms with van der Waals surface area (Å²) in [7, 11) is 1.89. The topological polar surface area (TPSA) is 93.1 Å². The van der Waals surface area contributed by atoms with E-state index in [1.807, 2.05) is 36.9 Å². The van der Waals surface area contributed by atoms with Crippen LogP contribution in [-0.4, -0.2) is 31.2 Å². The molecule has 7 heteroatoms. The number of nitrogens with zero attached hydrogens (tertiary/aromatic N) is 5. The molecule has 0 saturated heterocycles. The van der Waals surface area contributed by atoms with Crippen LogP contribution in [0.25, 0.3) is 0 Å². The molecule has 3 heterocycles. The van der Waals surface area contributed by atoms with Crippen molar-refractivity contribution in [2.75, 3.05) is 17.2 Å². The van der Waals surface area contributed by atoms with Crippen molar-refractivity contribution in [1.82, 2.24) is 19.5 Å². The summed E-state index contributed by atoms with van der Waals surface area (Å²) in [6.07, 6.45) is 4.48. The Morgan fingerprint density at radius 3 is 2.74 bits per heavy atom. The van der Waals surface area contributed by atoms with Crippen LogP contribution in [0.15, 0.2) is 36.9 Å². The first-order chi connectivity index (χ1) is 12.8. The second-order valence-electron chi connectivity index (χ2n) is 7.85. The van der Waals surface area contributed by atoms with E-state index in [0.717, 1.165) is 29.2 Å². The minimum Gasteiger partial charge on any atom is -0.382 e. The first-order valence-electron chi connectivity index (χ1n) is 8.93. The number of imidazole rings is 1. The van der Waals surface area contributed by atoms with Crippen LogP contribution in [0.1, 0.15) is 42.3 Å². The number of aliphatic hydroxyl groups excluding tert-OH is 1. The zero-order chi connectivity index (χ0) is 19.3. The Kier molecular flexibility index (Phi) is 3.92. The fraction of sp³-hybridized carbons (Fsp3) is 0.350. The van der Waals surface area contributed by atoms with Gasteiger partial charge in [0.25, 0.3) is 0 Å². The van der Waals surface area contributed by atoms with E-state index >= 15 is 0 Å². The van der Waals surface area contributed by atoms with Crippen LogP contribution in [0, 0.1) is 6.92 Å². The lowest BCUT2D eigenvalue weighted by Crippen LogP contribution is -2.26. The van der Waals surface area contributed by atoms with Crippen LogP contribution in [0.5, 0.6) is 0 Å². The van der Waals surface area contributed by atoms with Crippen molar-refractivity contribution in [3.8, 4) is 0 Å². The van der Waals surface area contributed by atoms with Crippen molar-refractivity contribution in [2.45, 2.75) is 32.3 Å². The summed E-state index contributed by atoms with van der Waals surface area (Å²) >= 11 is 0. The van der Waals surface area contributed by atoms with Gasteiger partial charge in [-0.15, -0.1) is 0 Å². The van der Waals surface area contributed by atoms with Gasteiger partial charge in [0.2, 0.25) is 5.95 Å². The molecular formula is C20H24N6O. The van der Waals surface area contributed by atoms with Crippen molar-refractivity contribution in [3.63, 3.8) is 0 Å². The lowest BCUT2D eigenvalue weighted by Gasteiger charge is -2.23. The maximum atomic E-state index is 10.8. The molecule has 7 nitrogen and oxygen atoms in total. The zero-order valence-corrected chi connectivity index (χ0v) is 16.0. The Hall–Kier alpha value is -2.93. The van der Waals surface area contributed by atoms with Crippen LogP contribution < -0.4 is 10.6 Å². The highest BCUT2D eigenvalue weighted by molar-refractivity contribution is 5.73. The predicted molar refractivity (Wildman–Crippen MR) is 105 cm³/mol. The summed E-state index contributed by atoms with van der Waals surface area (Å²) in [5.74, 6) is 1.06. The molecule has 1 aliphatic heterocycles. The summed E-state index contributed by atoms with van der Waals surface area (Å²) in [4.78, 5) is 15.0. The van der Waals surface area contributed by atoms with Crippen LogP contribution >= 0.6 is 0 Å². The maximum absolute atomic E-state index is 10.8. The maximum Gasteiger partial charge on any atom is 0.221 e. The highest BCUT2D eigenvalue weighted by Gasteiger charge is 2.37. The van der Waals surface area contributed by atoms with Crippen LogP contribution in [0.4, 0.5) is 17.5 Å². The third kappa shape index (κ3) is 2.94. The Bertz CT molecular complexity index is 1010. The Balaban J connectivity index is 1.81. The van der Waals surface area contributed by atoms with Gasteiger partial charge in [-0.2, -0.15) is 4.98 Å². The van der Waals surface area contributed by atoms with E-state index in [4.69, 9.17) is 5.73 Å². The average Bonchev–Trinajstić information content (AvgIpc) is 3.17. The molecule has 3 aromatic rings. The molecule has 4 rings (SSSR count). The number of benzene rings is 1. The molecule has 0 aliphatic carbocycles. The van der Waals surface area contributed by atoms with Crippen molar-refractivity contribution >= 4 is 17.5 Å². The fourth-order valence-corrected chi connectivity index (χ4v) is 3.73. The smallest absolute Gasteiger partial charge is 0.221 e. The summed E-state index contributed by atoms with van der Waals surface area (Å²) < 4.78 is 1.83. The van der Waals surface area contributed by atoms with E-state index in [-0.39, 0.29) is 11.4 Å². The van der Waals surface area contributed by atoms with Crippen molar-refractivity contribution in [3.05, 3.63) is 59.3 Å². The molecule has 0 spiro atoms. The minimum absolute atomic E-state index is 0.0457. The number of aryl methyl sites for hydroxylation is 2. The van der Waals surface area contributed by atoms with E-state index in [2.05, 4.69) is 39.8 Å².